The van der Waals surface area contributed by atoms with Crippen LogP contribution in [0.5, 0.6) is 0 Å². The van der Waals surface area contributed by atoms with Crippen LogP contribution in [-0.4, -0.2) is 31.4 Å². The molecule has 0 bridgehead atoms. The summed E-state index contributed by atoms with van der Waals surface area (Å²) in [6.07, 6.45) is 0.313. The standard InChI is InChI=1S/C12H17NO2/c1-15-12(7-8-13-9-11(12)14)10-5-3-2-4-6-10/h2-6,11,13-14H,7-9H2,1H3/t11-,12-/m0/s1. The van der Waals surface area contributed by atoms with Gasteiger partial charge in [0.1, 0.15) is 5.60 Å². The van der Waals surface area contributed by atoms with E-state index in [1.165, 1.54) is 0 Å². The van der Waals surface area contributed by atoms with Gasteiger partial charge in [0.05, 0.1) is 6.10 Å². The molecule has 1 heterocycles. The molecule has 15 heavy (non-hydrogen) atoms. The summed E-state index contributed by atoms with van der Waals surface area (Å²) < 4.78 is 5.59. The fourth-order valence-corrected chi connectivity index (χ4v) is 2.26. The maximum atomic E-state index is 10.1. The Balaban J connectivity index is 2.35. The van der Waals surface area contributed by atoms with E-state index in [9.17, 15) is 5.11 Å². The molecule has 2 atom stereocenters. The molecule has 0 saturated carbocycles. The highest BCUT2D eigenvalue weighted by atomic mass is 16.5. The molecule has 0 radical (unpaired) electrons. The Kier molecular flexibility index (Phi) is 3.05. The minimum Gasteiger partial charge on any atom is -0.388 e. The lowest BCUT2D eigenvalue weighted by atomic mass is 9.82. The van der Waals surface area contributed by atoms with Crippen molar-refractivity contribution in [2.75, 3.05) is 20.2 Å². The van der Waals surface area contributed by atoms with E-state index in [-0.39, 0.29) is 0 Å². The number of hydrogen-bond donors (Lipinski definition) is 2. The van der Waals surface area contributed by atoms with Crippen molar-refractivity contribution in [2.45, 2.75) is 18.1 Å². The second-order valence-electron chi connectivity index (χ2n) is 3.93. The fraction of sp³-hybridized carbons (Fsp3) is 0.500. The summed E-state index contributed by atoms with van der Waals surface area (Å²) in [4.78, 5) is 0. The zero-order valence-electron chi connectivity index (χ0n) is 8.94. The third-order valence-corrected chi connectivity index (χ3v) is 3.18. The third kappa shape index (κ3) is 1.78. The van der Waals surface area contributed by atoms with Crippen LogP contribution in [0, 0.1) is 0 Å². The fourth-order valence-electron chi connectivity index (χ4n) is 2.26. The van der Waals surface area contributed by atoms with Crippen molar-refractivity contribution in [2.24, 2.45) is 0 Å². The predicted molar refractivity (Wildman–Crippen MR) is 58.6 cm³/mol. The van der Waals surface area contributed by atoms with Crippen LogP contribution in [0.15, 0.2) is 30.3 Å². The highest BCUT2D eigenvalue weighted by molar-refractivity contribution is 5.25. The molecule has 2 N–H and O–H groups in total. The van der Waals surface area contributed by atoms with Crippen molar-refractivity contribution in [1.82, 2.24) is 5.32 Å². The van der Waals surface area contributed by atoms with Gasteiger partial charge in [-0.2, -0.15) is 0 Å². The van der Waals surface area contributed by atoms with Crippen LogP contribution in [0.3, 0.4) is 0 Å². The maximum Gasteiger partial charge on any atom is 0.121 e. The number of benzene rings is 1. The first kappa shape index (κ1) is 10.6. The first-order valence-electron chi connectivity index (χ1n) is 5.29. The molecule has 0 aromatic heterocycles. The molecular formula is C12H17NO2. The second-order valence-corrected chi connectivity index (χ2v) is 3.93. The van der Waals surface area contributed by atoms with E-state index >= 15 is 0 Å². The summed E-state index contributed by atoms with van der Waals surface area (Å²) in [5.74, 6) is 0. The molecule has 1 aliphatic heterocycles. The Hall–Kier alpha value is -0.900. The van der Waals surface area contributed by atoms with Crippen LogP contribution in [0.2, 0.25) is 0 Å². The molecule has 1 saturated heterocycles. The number of aliphatic hydroxyl groups is 1. The number of piperidine rings is 1. The summed E-state index contributed by atoms with van der Waals surface area (Å²) in [5.41, 5.74) is 0.522. The summed E-state index contributed by atoms with van der Waals surface area (Å²) in [7, 11) is 1.67. The molecule has 3 nitrogen and oxygen atoms in total. The third-order valence-electron chi connectivity index (χ3n) is 3.18. The maximum absolute atomic E-state index is 10.1. The van der Waals surface area contributed by atoms with Crippen molar-refractivity contribution in [1.29, 1.82) is 0 Å². The van der Waals surface area contributed by atoms with Crippen LogP contribution in [0.4, 0.5) is 0 Å². The van der Waals surface area contributed by atoms with Crippen LogP contribution < -0.4 is 5.32 Å². The van der Waals surface area contributed by atoms with Crippen LogP contribution in [0.25, 0.3) is 0 Å². The Morgan fingerprint density at radius 1 is 1.40 bits per heavy atom. The van der Waals surface area contributed by atoms with Gasteiger partial charge in [0.15, 0.2) is 0 Å². The van der Waals surface area contributed by atoms with Gasteiger partial charge in [-0.3, -0.25) is 0 Å². The molecule has 0 aliphatic carbocycles. The van der Waals surface area contributed by atoms with Gasteiger partial charge in [0, 0.05) is 13.7 Å². The average Bonchev–Trinajstić information content (AvgIpc) is 2.31. The van der Waals surface area contributed by atoms with E-state index in [0.717, 1.165) is 18.5 Å². The lowest BCUT2D eigenvalue weighted by Gasteiger charge is -2.41. The molecule has 1 fully saturated rings. The lowest BCUT2D eigenvalue weighted by molar-refractivity contribution is -0.124. The highest BCUT2D eigenvalue weighted by Gasteiger charge is 2.41. The Bertz CT molecular complexity index is 315. The van der Waals surface area contributed by atoms with Crippen molar-refractivity contribution in [3.8, 4) is 0 Å². The highest BCUT2D eigenvalue weighted by Crippen LogP contribution is 2.34. The quantitative estimate of drug-likeness (QED) is 0.756. The monoisotopic (exact) mass is 207 g/mol. The topological polar surface area (TPSA) is 41.5 Å². The first-order chi connectivity index (χ1) is 7.29. The zero-order chi connectivity index (χ0) is 10.7. The molecule has 0 amide bonds. The van der Waals surface area contributed by atoms with Gasteiger partial charge in [0.25, 0.3) is 0 Å². The molecule has 3 heteroatoms. The number of β-amino-alcohol motifs (C(OH)–C–C–N with tert-alkyl or cyclic N) is 1. The predicted octanol–water partition coefficient (Wildman–Crippen LogP) is 0.882. The molecule has 82 valence electrons. The SMILES string of the molecule is CO[C@]1(c2ccccc2)CCNC[C@@H]1O. The normalized spacial score (nSPS) is 31.5. The molecular weight excluding hydrogens is 190 g/mol. The summed E-state index contributed by atoms with van der Waals surface area (Å²) in [5, 5.41) is 13.2. The van der Waals surface area contributed by atoms with Gasteiger partial charge in [-0.1, -0.05) is 30.3 Å². The number of hydrogen-bond acceptors (Lipinski definition) is 3. The van der Waals surface area contributed by atoms with Crippen molar-refractivity contribution in [3.63, 3.8) is 0 Å². The van der Waals surface area contributed by atoms with Crippen LogP contribution >= 0.6 is 0 Å². The summed E-state index contributed by atoms with van der Waals surface area (Å²) >= 11 is 0. The molecule has 1 aromatic carbocycles. The number of ether oxygens (including phenoxy) is 1. The molecule has 1 aliphatic rings. The molecule has 0 unspecified atom stereocenters. The second kappa shape index (κ2) is 4.31. The number of aliphatic hydroxyl groups excluding tert-OH is 1. The number of methoxy groups -OCH3 is 1. The zero-order valence-corrected chi connectivity index (χ0v) is 8.94. The first-order valence-corrected chi connectivity index (χ1v) is 5.29. The summed E-state index contributed by atoms with van der Waals surface area (Å²) in [6.45, 7) is 1.46. The van der Waals surface area contributed by atoms with E-state index in [2.05, 4.69) is 5.32 Å². The van der Waals surface area contributed by atoms with Crippen LogP contribution in [-0.2, 0) is 10.3 Å². The minimum absolute atomic E-state index is 0.487. The van der Waals surface area contributed by atoms with Gasteiger partial charge in [-0.05, 0) is 18.5 Å². The van der Waals surface area contributed by atoms with Gasteiger partial charge in [-0.15, -0.1) is 0 Å². The largest absolute Gasteiger partial charge is 0.388 e. The Morgan fingerprint density at radius 2 is 2.13 bits per heavy atom. The Morgan fingerprint density at radius 3 is 2.73 bits per heavy atom. The van der Waals surface area contributed by atoms with E-state index in [1.807, 2.05) is 30.3 Å². The van der Waals surface area contributed by atoms with Crippen molar-refractivity contribution in [3.05, 3.63) is 35.9 Å². The van der Waals surface area contributed by atoms with Gasteiger partial charge >= 0.3 is 0 Å². The van der Waals surface area contributed by atoms with Gasteiger partial charge in [0.2, 0.25) is 0 Å². The van der Waals surface area contributed by atoms with Crippen molar-refractivity contribution < 1.29 is 9.84 Å². The van der Waals surface area contributed by atoms with Crippen LogP contribution in [0.1, 0.15) is 12.0 Å². The van der Waals surface area contributed by atoms with Gasteiger partial charge < -0.3 is 15.2 Å². The molecule has 1 aromatic rings. The smallest absolute Gasteiger partial charge is 0.121 e. The summed E-state index contributed by atoms with van der Waals surface area (Å²) in [6, 6.07) is 9.95. The number of nitrogens with one attached hydrogen (secondary N) is 1. The van der Waals surface area contributed by atoms with E-state index in [0.29, 0.717) is 6.54 Å². The number of rotatable bonds is 2. The average molecular weight is 207 g/mol. The molecule has 2 rings (SSSR count). The van der Waals surface area contributed by atoms with E-state index in [4.69, 9.17) is 4.74 Å². The van der Waals surface area contributed by atoms with E-state index < -0.39 is 11.7 Å². The van der Waals surface area contributed by atoms with E-state index in [1.54, 1.807) is 7.11 Å². The Labute approximate surface area is 90.1 Å². The minimum atomic E-state index is -0.535. The molecule has 0 spiro atoms. The van der Waals surface area contributed by atoms with Crippen molar-refractivity contribution >= 4 is 0 Å². The van der Waals surface area contributed by atoms with Gasteiger partial charge in [-0.25, -0.2) is 0 Å². The lowest BCUT2D eigenvalue weighted by Crippen LogP contribution is -2.53.